The summed E-state index contributed by atoms with van der Waals surface area (Å²) in [5.74, 6) is -1.24. The number of hydrogen-bond acceptors (Lipinski definition) is 7. The molecule has 0 saturated heterocycles. The van der Waals surface area contributed by atoms with E-state index in [1.165, 1.54) is 18.6 Å². The highest BCUT2D eigenvalue weighted by atomic mass is 16.4. The summed E-state index contributed by atoms with van der Waals surface area (Å²) in [6, 6.07) is -0.982. The summed E-state index contributed by atoms with van der Waals surface area (Å²) in [6.07, 6.45) is 7.93. The third-order valence-electron chi connectivity index (χ3n) is 4.14. The van der Waals surface area contributed by atoms with Gasteiger partial charge >= 0.3 is 7.12 Å². The molecular formula is C17H25BN6O4. The lowest BCUT2D eigenvalue weighted by molar-refractivity contribution is -0.123. The first-order valence-electron chi connectivity index (χ1n) is 8.97. The van der Waals surface area contributed by atoms with E-state index in [1.807, 2.05) is 13.8 Å². The first kappa shape index (κ1) is 21.5. The molecule has 2 rings (SSSR count). The average Bonchev–Trinajstić information content (AvgIpc) is 3.05. The molecule has 0 fully saturated rings. The number of imidazole rings is 1. The Kier molecular flexibility index (Phi) is 7.65. The van der Waals surface area contributed by atoms with Gasteiger partial charge in [-0.25, -0.2) is 9.97 Å². The first-order chi connectivity index (χ1) is 13.3. The van der Waals surface area contributed by atoms with Crippen LogP contribution in [-0.4, -0.2) is 60.5 Å². The van der Waals surface area contributed by atoms with E-state index in [9.17, 15) is 19.6 Å². The van der Waals surface area contributed by atoms with E-state index in [-0.39, 0.29) is 18.0 Å². The van der Waals surface area contributed by atoms with E-state index < -0.39 is 30.9 Å². The number of carbonyl (C=O) groups excluding carboxylic acids is 2. The summed E-state index contributed by atoms with van der Waals surface area (Å²) >= 11 is 0. The van der Waals surface area contributed by atoms with Gasteiger partial charge in [-0.3, -0.25) is 14.6 Å². The Labute approximate surface area is 163 Å². The highest BCUT2D eigenvalue weighted by Gasteiger charge is 2.31. The lowest BCUT2D eigenvalue weighted by Crippen LogP contribution is -2.55. The number of aryl methyl sites for hydroxylation is 1. The molecule has 0 radical (unpaired) electrons. The fourth-order valence-electron chi connectivity index (χ4n) is 2.68. The van der Waals surface area contributed by atoms with Crippen LogP contribution in [-0.2, 0) is 18.3 Å². The molecule has 2 aromatic rings. The second kappa shape index (κ2) is 9.95. The van der Waals surface area contributed by atoms with E-state index in [4.69, 9.17) is 0 Å². The summed E-state index contributed by atoms with van der Waals surface area (Å²) in [5.41, 5.74) is 0.0704. The first-order valence-corrected chi connectivity index (χ1v) is 8.97. The minimum atomic E-state index is -1.71. The number of nitrogens with one attached hydrogen (secondary N) is 2. The molecule has 11 heteroatoms. The van der Waals surface area contributed by atoms with E-state index >= 15 is 0 Å². The van der Waals surface area contributed by atoms with Gasteiger partial charge in [0.2, 0.25) is 5.91 Å². The largest absolute Gasteiger partial charge is 0.475 e. The predicted octanol–water partition coefficient (Wildman–Crippen LogP) is -0.906. The van der Waals surface area contributed by atoms with Crippen LogP contribution in [0.5, 0.6) is 0 Å². The Balaban J connectivity index is 2.17. The maximum atomic E-state index is 12.8. The second-order valence-corrected chi connectivity index (χ2v) is 6.93. The van der Waals surface area contributed by atoms with Gasteiger partial charge in [-0.05, 0) is 12.3 Å². The molecule has 0 aliphatic carbocycles. The molecule has 2 atom stereocenters. The molecule has 4 N–H and O–H groups in total. The van der Waals surface area contributed by atoms with Crippen molar-refractivity contribution in [3.63, 3.8) is 0 Å². The highest BCUT2D eigenvalue weighted by molar-refractivity contribution is 6.43. The molecule has 1 unspecified atom stereocenters. The van der Waals surface area contributed by atoms with E-state index in [2.05, 4.69) is 25.6 Å². The van der Waals surface area contributed by atoms with Crippen LogP contribution in [0.2, 0.25) is 0 Å². The van der Waals surface area contributed by atoms with Gasteiger partial charge in [0.25, 0.3) is 5.91 Å². The lowest BCUT2D eigenvalue weighted by atomic mass is 9.75. The van der Waals surface area contributed by atoms with Gasteiger partial charge in [0.1, 0.15) is 17.6 Å². The number of rotatable bonds is 9. The van der Waals surface area contributed by atoms with E-state index in [0.29, 0.717) is 12.2 Å². The van der Waals surface area contributed by atoms with Crippen LogP contribution in [0.25, 0.3) is 0 Å². The van der Waals surface area contributed by atoms with Gasteiger partial charge in [0.15, 0.2) is 0 Å². The van der Waals surface area contributed by atoms with Crippen LogP contribution in [0, 0.1) is 5.92 Å². The molecule has 2 amide bonds. The summed E-state index contributed by atoms with van der Waals surface area (Å²) in [7, 11) is 0.0664. The summed E-state index contributed by atoms with van der Waals surface area (Å²) < 4.78 is 1.74. The molecule has 0 spiro atoms. The van der Waals surface area contributed by atoms with Gasteiger partial charge in [-0.1, -0.05) is 13.8 Å². The van der Waals surface area contributed by atoms with Gasteiger partial charge in [-0.15, -0.1) is 0 Å². The van der Waals surface area contributed by atoms with Crippen molar-refractivity contribution in [3.8, 4) is 0 Å². The van der Waals surface area contributed by atoms with Crippen LogP contribution in [0.4, 0.5) is 0 Å². The zero-order valence-corrected chi connectivity index (χ0v) is 16.1. The molecule has 28 heavy (non-hydrogen) atoms. The van der Waals surface area contributed by atoms with E-state index in [0.717, 1.165) is 0 Å². The monoisotopic (exact) mass is 388 g/mol. The van der Waals surface area contributed by atoms with Crippen molar-refractivity contribution in [2.45, 2.75) is 38.7 Å². The number of amides is 2. The van der Waals surface area contributed by atoms with Crippen molar-refractivity contribution < 1.29 is 19.6 Å². The fraction of sp³-hybridized carbons (Fsp3) is 0.471. The lowest BCUT2D eigenvalue weighted by Gasteiger charge is -2.24. The third kappa shape index (κ3) is 6.13. The van der Waals surface area contributed by atoms with Crippen molar-refractivity contribution >= 4 is 18.9 Å². The van der Waals surface area contributed by atoms with Crippen molar-refractivity contribution in [3.05, 3.63) is 42.5 Å². The molecule has 0 aliphatic rings. The Bertz CT molecular complexity index is 783. The van der Waals surface area contributed by atoms with Crippen molar-refractivity contribution in [1.29, 1.82) is 0 Å². The minimum Gasteiger partial charge on any atom is -0.426 e. The maximum absolute atomic E-state index is 12.8. The number of aromatic nitrogens is 4. The molecule has 150 valence electrons. The van der Waals surface area contributed by atoms with Gasteiger partial charge in [0.05, 0.1) is 12.1 Å². The minimum absolute atomic E-state index is 0.0704. The molecule has 0 aliphatic heterocycles. The summed E-state index contributed by atoms with van der Waals surface area (Å²) in [4.78, 5) is 37.2. The van der Waals surface area contributed by atoms with Gasteiger partial charge < -0.3 is 25.2 Å². The number of nitrogens with zero attached hydrogens (tertiary/aromatic N) is 4. The number of carbonyl (C=O) groups is 2. The topological polar surface area (TPSA) is 142 Å². The van der Waals surface area contributed by atoms with Crippen LogP contribution >= 0.6 is 0 Å². The summed E-state index contributed by atoms with van der Waals surface area (Å²) in [5, 5.41) is 24.4. The van der Waals surface area contributed by atoms with Crippen LogP contribution in [0.3, 0.4) is 0 Å². The van der Waals surface area contributed by atoms with Crippen LogP contribution in [0.1, 0.15) is 36.6 Å². The third-order valence-corrected chi connectivity index (χ3v) is 4.14. The predicted molar refractivity (Wildman–Crippen MR) is 102 cm³/mol. The second-order valence-electron chi connectivity index (χ2n) is 6.93. The van der Waals surface area contributed by atoms with Crippen LogP contribution < -0.4 is 10.6 Å². The Morgan fingerprint density at radius 3 is 2.46 bits per heavy atom. The van der Waals surface area contributed by atoms with Gasteiger partial charge in [0, 0.05) is 38.3 Å². The smallest absolute Gasteiger partial charge is 0.426 e. The Morgan fingerprint density at radius 1 is 1.18 bits per heavy atom. The standard InChI is InChI=1S/C17H25BN6O4/c1-11(2)8-14(18(27)28)23-16(25)12(9-15-21-6-7-24(15)3)22-17(26)13-10-19-4-5-20-13/h4-7,10-12,14,27-28H,8-9H2,1-3H3,(H,22,26)(H,23,25)/t12?,14-/m0/s1. The highest BCUT2D eigenvalue weighted by Crippen LogP contribution is 2.08. The normalized spacial score (nSPS) is 13.1. The Hall–Kier alpha value is -2.79. The summed E-state index contributed by atoms with van der Waals surface area (Å²) in [6.45, 7) is 3.81. The van der Waals surface area contributed by atoms with Crippen molar-refractivity contribution in [2.75, 3.05) is 0 Å². The maximum Gasteiger partial charge on any atom is 0.475 e. The van der Waals surface area contributed by atoms with Crippen molar-refractivity contribution in [1.82, 2.24) is 30.2 Å². The molecule has 10 nitrogen and oxygen atoms in total. The molecule has 0 aromatic carbocycles. The number of hydrogen-bond donors (Lipinski definition) is 4. The SMILES string of the molecule is CC(C)C[C@H](NC(=O)C(Cc1nccn1C)NC(=O)c1cnccn1)B(O)O. The molecule has 2 aromatic heterocycles. The zero-order chi connectivity index (χ0) is 20.7. The van der Waals surface area contributed by atoms with Gasteiger partial charge in [-0.2, -0.15) is 0 Å². The average molecular weight is 388 g/mol. The molecule has 0 saturated carbocycles. The molecular weight excluding hydrogens is 363 g/mol. The molecule has 0 bridgehead atoms. The van der Waals surface area contributed by atoms with E-state index in [1.54, 1.807) is 24.0 Å². The van der Waals surface area contributed by atoms with Crippen LogP contribution in [0.15, 0.2) is 31.0 Å². The Morgan fingerprint density at radius 2 is 1.93 bits per heavy atom. The molecule has 2 heterocycles. The zero-order valence-electron chi connectivity index (χ0n) is 16.1. The fourth-order valence-corrected chi connectivity index (χ4v) is 2.68. The quantitative estimate of drug-likeness (QED) is 0.408. The van der Waals surface area contributed by atoms with Crippen molar-refractivity contribution in [2.24, 2.45) is 13.0 Å².